The van der Waals surface area contributed by atoms with E-state index in [1.54, 1.807) is 18.3 Å². The van der Waals surface area contributed by atoms with Gasteiger partial charge in [0, 0.05) is 30.9 Å². The highest BCUT2D eigenvalue weighted by Gasteiger charge is 2.28. The van der Waals surface area contributed by atoms with Gasteiger partial charge < -0.3 is 9.47 Å². The van der Waals surface area contributed by atoms with Crippen LogP contribution in [0.4, 0.5) is 4.39 Å². The number of halogens is 1. The normalized spacial score (nSPS) is 15.4. The van der Waals surface area contributed by atoms with E-state index in [0.29, 0.717) is 19.1 Å². The summed E-state index contributed by atoms with van der Waals surface area (Å²) in [6, 6.07) is 6.92. The summed E-state index contributed by atoms with van der Waals surface area (Å²) in [5.74, 6) is 0.789. The Morgan fingerprint density at radius 3 is 2.77 bits per heavy atom. The van der Waals surface area contributed by atoms with Crippen molar-refractivity contribution in [3.63, 3.8) is 0 Å². The van der Waals surface area contributed by atoms with Gasteiger partial charge in [-0.15, -0.1) is 0 Å². The Morgan fingerprint density at radius 2 is 2.08 bits per heavy atom. The van der Waals surface area contributed by atoms with E-state index in [0.717, 1.165) is 24.2 Å². The van der Waals surface area contributed by atoms with Crippen molar-refractivity contribution in [2.75, 3.05) is 0 Å². The second-order valence-corrected chi connectivity index (χ2v) is 7.51. The fourth-order valence-corrected chi connectivity index (χ4v) is 3.73. The second-order valence-electron chi connectivity index (χ2n) is 7.51. The van der Waals surface area contributed by atoms with E-state index < -0.39 is 0 Å². The van der Waals surface area contributed by atoms with Gasteiger partial charge in [-0.25, -0.2) is 9.37 Å². The van der Waals surface area contributed by atoms with Gasteiger partial charge in [-0.05, 0) is 30.5 Å². The van der Waals surface area contributed by atoms with Crippen LogP contribution in [0.5, 0.6) is 0 Å². The van der Waals surface area contributed by atoms with Crippen LogP contribution in [-0.2, 0) is 17.9 Å². The van der Waals surface area contributed by atoms with Gasteiger partial charge in [0.25, 0.3) is 0 Å². The molecule has 0 radical (unpaired) electrons. The minimum atomic E-state index is -0.233. The lowest BCUT2D eigenvalue weighted by atomic mass is 9.93. The standard InChI is InChI=1S/C21H28FN3O/c1-16(2)21(26)25(19-9-4-3-5-10-19)15-20-23-11-12-24(20)14-17-7-6-8-18(22)13-17/h6-8,11-13,16,19H,3-5,9-10,14-15H2,1-2H3. The molecule has 0 atom stereocenters. The molecule has 1 fully saturated rings. The lowest BCUT2D eigenvalue weighted by Crippen LogP contribution is -2.43. The highest BCUT2D eigenvalue weighted by molar-refractivity contribution is 5.78. The molecule has 4 nitrogen and oxygen atoms in total. The number of amides is 1. The van der Waals surface area contributed by atoms with Crippen molar-refractivity contribution in [3.8, 4) is 0 Å². The average Bonchev–Trinajstić information content (AvgIpc) is 3.06. The SMILES string of the molecule is CC(C)C(=O)N(Cc1nccn1Cc1cccc(F)c1)C1CCCCC1. The number of imidazole rings is 1. The molecule has 1 saturated carbocycles. The Kier molecular flexibility index (Phi) is 6.07. The van der Waals surface area contributed by atoms with Crippen molar-refractivity contribution < 1.29 is 9.18 Å². The number of hydrogen-bond acceptors (Lipinski definition) is 2. The van der Waals surface area contributed by atoms with Gasteiger partial charge in [-0.3, -0.25) is 4.79 Å². The van der Waals surface area contributed by atoms with Crippen molar-refractivity contribution in [2.45, 2.75) is 65.1 Å². The maximum absolute atomic E-state index is 13.5. The molecule has 3 rings (SSSR count). The molecular weight excluding hydrogens is 329 g/mol. The van der Waals surface area contributed by atoms with Crippen LogP contribution in [0.2, 0.25) is 0 Å². The minimum Gasteiger partial charge on any atom is -0.332 e. The first-order valence-corrected chi connectivity index (χ1v) is 9.59. The fourth-order valence-electron chi connectivity index (χ4n) is 3.73. The molecule has 1 aromatic heterocycles. The summed E-state index contributed by atoms with van der Waals surface area (Å²) in [4.78, 5) is 19.3. The van der Waals surface area contributed by atoms with Crippen LogP contribution in [0.3, 0.4) is 0 Å². The van der Waals surface area contributed by atoms with Crippen LogP contribution >= 0.6 is 0 Å². The number of hydrogen-bond donors (Lipinski definition) is 0. The Labute approximate surface area is 155 Å². The Hall–Kier alpha value is -2.17. The number of carbonyl (C=O) groups is 1. The Morgan fingerprint density at radius 1 is 1.31 bits per heavy atom. The largest absolute Gasteiger partial charge is 0.332 e. The zero-order chi connectivity index (χ0) is 18.5. The summed E-state index contributed by atoms with van der Waals surface area (Å²) in [5, 5.41) is 0. The monoisotopic (exact) mass is 357 g/mol. The predicted octanol–water partition coefficient (Wildman–Crippen LogP) is 4.39. The summed E-state index contributed by atoms with van der Waals surface area (Å²) in [5.41, 5.74) is 0.892. The molecule has 2 aromatic rings. The molecule has 26 heavy (non-hydrogen) atoms. The third-order valence-corrected chi connectivity index (χ3v) is 5.15. The zero-order valence-electron chi connectivity index (χ0n) is 15.7. The highest BCUT2D eigenvalue weighted by Crippen LogP contribution is 2.25. The van der Waals surface area contributed by atoms with Gasteiger partial charge >= 0.3 is 0 Å². The molecule has 1 amide bonds. The number of carbonyl (C=O) groups excluding carboxylic acids is 1. The maximum atomic E-state index is 13.5. The maximum Gasteiger partial charge on any atom is 0.225 e. The molecule has 1 aromatic carbocycles. The lowest BCUT2D eigenvalue weighted by Gasteiger charge is -2.35. The van der Waals surface area contributed by atoms with Crippen LogP contribution in [0.15, 0.2) is 36.7 Å². The van der Waals surface area contributed by atoms with Crippen LogP contribution in [-0.4, -0.2) is 26.4 Å². The first kappa shape index (κ1) is 18.6. The van der Waals surface area contributed by atoms with Gasteiger partial charge in [0.2, 0.25) is 5.91 Å². The second kappa shape index (κ2) is 8.47. The van der Waals surface area contributed by atoms with Crippen LogP contribution in [0, 0.1) is 11.7 Å². The summed E-state index contributed by atoms with van der Waals surface area (Å²) in [6.07, 6.45) is 9.43. The zero-order valence-corrected chi connectivity index (χ0v) is 15.7. The fraction of sp³-hybridized carbons (Fsp3) is 0.524. The summed E-state index contributed by atoms with van der Waals surface area (Å²) < 4.78 is 15.5. The van der Waals surface area contributed by atoms with E-state index >= 15 is 0 Å². The quantitative estimate of drug-likeness (QED) is 0.769. The Bertz CT molecular complexity index is 734. The summed E-state index contributed by atoms with van der Waals surface area (Å²) >= 11 is 0. The van der Waals surface area contributed by atoms with E-state index in [1.165, 1.54) is 25.3 Å². The van der Waals surface area contributed by atoms with Crippen molar-refractivity contribution >= 4 is 5.91 Å². The molecule has 0 N–H and O–H groups in total. The Balaban J connectivity index is 1.78. The predicted molar refractivity (Wildman–Crippen MR) is 100.0 cm³/mol. The topological polar surface area (TPSA) is 38.1 Å². The van der Waals surface area contributed by atoms with Crippen molar-refractivity contribution in [2.24, 2.45) is 5.92 Å². The smallest absolute Gasteiger partial charge is 0.225 e. The van der Waals surface area contributed by atoms with Crippen molar-refractivity contribution in [1.29, 1.82) is 0 Å². The molecule has 1 aliphatic rings. The number of nitrogens with zero attached hydrogens (tertiary/aromatic N) is 3. The lowest BCUT2D eigenvalue weighted by molar-refractivity contribution is -0.138. The van der Waals surface area contributed by atoms with Gasteiger partial charge in [-0.1, -0.05) is 45.2 Å². The van der Waals surface area contributed by atoms with Gasteiger partial charge in [0.1, 0.15) is 11.6 Å². The van der Waals surface area contributed by atoms with Crippen molar-refractivity contribution in [3.05, 3.63) is 53.9 Å². The van der Waals surface area contributed by atoms with E-state index in [2.05, 4.69) is 4.98 Å². The molecule has 0 spiro atoms. The van der Waals surface area contributed by atoms with Gasteiger partial charge in [0.15, 0.2) is 0 Å². The first-order valence-electron chi connectivity index (χ1n) is 9.59. The van der Waals surface area contributed by atoms with Gasteiger partial charge in [0.05, 0.1) is 6.54 Å². The molecule has 5 heteroatoms. The molecular formula is C21H28FN3O. The molecule has 1 aliphatic carbocycles. The molecule has 0 unspecified atom stereocenters. The molecule has 0 saturated heterocycles. The van der Waals surface area contributed by atoms with Crippen LogP contribution < -0.4 is 0 Å². The number of rotatable bonds is 6. The number of benzene rings is 1. The molecule has 0 bridgehead atoms. The van der Waals surface area contributed by atoms with E-state index in [-0.39, 0.29) is 17.6 Å². The number of aromatic nitrogens is 2. The summed E-state index contributed by atoms with van der Waals surface area (Å²) in [6.45, 7) is 4.99. The first-order chi connectivity index (χ1) is 12.5. The van der Waals surface area contributed by atoms with Crippen LogP contribution in [0.1, 0.15) is 57.3 Å². The minimum absolute atomic E-state index is 0.0245. The molecule has 140 valence electrons. The van der Waals surface area contributed by atoms with E-state index in [4.69, 9.17) is 0 Å². The summed E-state index contributed by atoms with van der Waals surface area (Å²) in [7, 11) is 0. The highest BCUT2D eigenvalue weighted by atomic mass is 19.1. The van der Waals surface area contributed by atoms with E-state index in [9.17, 15) is 9.18 Å². The van der Waals surface area contributed by atoms with Gasteiger partial charge in [-0.2, -0.15) is 0 Å². The third-order valence-electron chi connectivity index (χ3n) is 5.15. The van der Waals surface area contributed by atoms with Crippen LogP contribution in [0.25, 0.3) is 0 Å². The molecule has 1 heterocycles. The third kappa shape index (κ3) is 4.51. The average molecular weight is 357 g/mol. The molecule has 0 aliphatic heterocycles. The van der Waals surface area contributed by atoms with Crippen molar-refractivity contribution in [1.82, 2.24) is 14.5 Å². The van der Waals surface area contributed by atoms with E-state index in [1.807, 2.05) is 35.6 Å².